The fourth-order valence-electron chi connectivity index (χ4n) is 4.75. The molecule has 0 bridgehead atoms. The molecule has 0 saturated carbocycles. The number of nitrogens with zero attached hydrogens (tertiary/aromatic N) is 1. The predicted molar refractivity (Wildman–Crippen MR) is 198 cm³/mol. The first-order valence-corrected chi connectivity index (χ1v) is 17.3. The number of methoxy groups -OCH3 is 1. The molecule has 260 valence electrons. The van der Waals surface area contributed by atoms with Crippen LogP contribution in [0.5, 0.6) is 17.2 Å². The van der Waals surface area contributed by atoms with E-state index < -0.39 is 24.3 Å². The first kappa shape index (κ1) is 37.7. The molecule has 0 aliphatic carbocycles. The van der Waals surface area contributed by atoms with E-state index in [9.17, 15) is 19.5 Å². The lowest BCUT2D eigenvalue weighted by atomic mass is 9.95. The number of aliphatic hydroxyl groups is 1. The van der Waals surface area contributed by atoms with Gasteiger partial charge < -0.3 is 39.4 Å². The molecule has 1 aliphatic heterocycles. The van der Waals surface area contributed by atoms with E-state index in [-0.39, 0.29) is 24.8 Å². The van der Waals surface area contributed by atoms with Crippen LogP contribution in [0.4, 0.5) is 4.79 Å². The Balaban J connectivity index is 1.40. The second-order valence-corrected chi connectivity index (χ2v) is 12.8. The van der Waals surface area contributed by atoms with Crippen molar-refractivity contribution in [3.8, 4) is 17.2 Å². The number of carbonyl (C=O) groups is 3. The third-order valence-corrected chi connectivity index (χ3v) is 8.41. The minimum Gasteiger partial charge on any atom is -0.490 e. The molecule has 0 unspecified atom stereocenters. The van der Waals surface area contributed by atoms with Crippen LogP contribution >= 0.6 is 45.2 Å². The quantitative estimate of drug-likeness (QED) is 0.0526. The van der Waals surface area contributed by atoms with Crippen LogP contribution in [0.3, 0.4) is 0 Å². The van der Waals surface area contributed by atoms with E-state index in [0.29, 0.717) is 52.8 Å². The average molecular weight is 898 g/mol. The minimum absolute atomic E-state index is 0.178. The molecular formula is C34H36I2N4O9. The smallest absolute Gasteiger partial charge is 0.338 e. The molecule has 0 radical (unpaired) electrons. The van der Waals surface area contributed by atoms with Gasteiger partial charge in [-0.1, -0.05) is 18.2 Å². The van der Waals surface area contributed by atoms with Crippen LogP contribution in [0, 0.1) is 7.14 Å². The van der Waals surface area contributed by atoms with E-state index >= 15 is 0 Å². The Morgan fingerprint density at radius 3 is 2.45 bits per heavy atom. The highest BCUT2D eigenvalue weighted by Crippen LogP contribution is 2.35. The summed E-state index contributed by atoms with van der Waals surface area (Å²) in [5.74, 6) is 0.355. The van der Waals surface area contributed by atoms with E-state index in [0.717, 1.165) is 12.7 Å². The number of ether oxygens (including phenoxy) is 5. The summed E-state index contributed by atoms with van der Waals surface area (Å²) < 4.78 is 29.6. The molecule has 1 heterocycles. The minimum atomic E-state index is -1.19. The van der Waals surface area contributed by atoms with Crippen molar-refractivity contribution < 1.29 is 43.2 Å². The molecule has 49 heavy (non-hydrogen) atoms. The van der Waals surface area contributed by atoms with Crippen molar-refractivity contribution >= 4 is 69.4 Å². The lowest BCUT2D eigenvalue weighted by Crippen LogP contribution is -2.45. The zero-order chi connectivity index (χ0) is 35.5. The van der Waals surface area contributed by atoms with E-state index in [1.807, 2.05) is 31.2 Å². The number of rotatable bonds is 15. The van der Waals surface area contributed by atoms with Gasteiger partial charge in [0.2, 0.25) is 0 Å². The second-order valence-electron chi connectivity index (χ2n) is 10.4. The van der Waals surface area contributed by atoms with E-state index in [2.05, 4.69) is 66.3 Å². The Morgan fingerprint density at radius 1 is 1.00 bits per heavy atom. The van der Waals surface area contributed by atoms with Crippen molar-refractivity contribution in [2.24, 2.45) is 5.10 Å². The molecule has 3 aromatic rings. The maximum Gasteiger partial charge on any atom is 0.338 e. The van der Waals surface area contributed by atoms with Gasteiger partial charge in [0, 0.05) is 14.8 Å². The van der Waals surface area contributed by atoms with Crippen LogP contribution in [0.1, 0.15) is 53.9 Å². The highest BCUT2D eigenvalue weighted by atomic mass is 127. The number of halogens is 2. The Bertz CT molecular complexity index is 1730. The monoisotopic (exact) mass is 898 g/mol. The number of amides is 2. The number of hydrogen-bond donors (Lipinski definition) is 4. The van der Waals surface area contributed by atoms with Crippen LogP contribution < -0.4 is 30.3 Å². The number of hydrazone groups is 1. The SMILES string of the molecule is CCOC(=O)c1ccc(COc2c(I)cc(I)cc2/C=N/N[C@H](O)COc2ccc([C@H]3NC(=O)NC(C)=C3C(=O)OC)cc2OCC)cc1. The van der Waals surface area contributed by atoms with Gasteiger partial charge in [0.05, 0.1) is 47.3 Å². The van der Waals surface area contributed by atoms with Crippen LogP contribution in [0.15, 0.2) is 71.0 Å². The molecule has 13 nitrogen and oxygen atoms in total. The fourth-order valence-corrected chi connectivity index (χ4v) is 6.80. The Hall–Kier alpha value is -4.10. The Labute approximate surface area is 311 Å². The van der Waals surface area contributed by atoms with Gasteiger partial charge in [0.15, 0.2) is 17.7 Å². The van der Waals surface area contributed by atoms with Gasteiger partial charge in [0.1, 0.15) is 19.0 Å². The molecule has 0 spiro atoms. The number of nitrogens with one attached hydrogen (secondary N) is 3. The van der Waals surface area contributed by atoms with E-state index in [1.54, 1.807) is 50.4 Å². The van der Waals surface area contributed by atoms with Gasteiger partial charge in [-0.05, 0) is 113 Å². The number of hydrogen-bond acceptors (Lipinski definition) is 11. The highest BCUT2D eigenvalue weighted by Gasteiger charge is 2.32. The summed E-state index contributed by atoms with van der Waals surface area (Å²) >= 11 is 4.40. The molecule has 1 aliphatic rings. The summed E-state index contributed by atoms with van der Waals surface area (Å²) in [7, 11) is 1.27. The molecular weight excluding hydrogens is 862 g/mol. The topological polar surface area (TPSA) is 166 Å². The van der Waals surface area contributed by atoms with Crippen LogP contribution in [0.2, 0.25) is 0 Å². The molecule has 0 saturated heterocycles. The Kier molecular flexibility index (Phi) is 13.9. The zero-order valence-electron chi connectivity index (χ0n) is 27.2. The Morgan fingerprint density at radius 2 is 1.76 bits per heavy atom. The maximum atomic E-state index is 12.5. The fraction of sp³-hybridized carbons (Fsp3) is 0.294. The number of benzene rings is 3. The van der Waals surface area contributed by atoms with Crippen molar-refractivity contribution in [3.63, 3.8) is 0 Å². The molecule has 4 rings (SSSR count). The summed E-state index contributed by atoms with van der Waals surface area (Å²) in [6, 6.07) is 14.7. The summed E-state index contributed by atoms with van der Waals surface area (Å²) in [6.07, 6.45) is 0.365. The van der Waals surface area contributed by atoms with Crippen molar-refractivity contribution in [1.29, 1.82) is 0 Å². The first-order chi connectivity index (χ1) is 23.5. The molecule has 15 heteroatoms. The van der Waals surface area contributed by atoms with Crippen molar-refractivity contribution in [1.82, 2.24) is 16.1 Å². The lowest BCUT2D eigenvalue weighted by Gasteiger charge is -2.28. The van der Waals surface area contributed by atoms with Gasteiger partial charge in [0.25, 0.3) is 0 Å². The van der Waals surface area contributed by atoms with E-state index in [4.69, 9.17) is 23.7 Å². The molecule has 4 N–H and O–H groups in total. The third-order valence-electron chi connectivity index (χ3n) is 6.98. The highest BCUT2D eigenvalue weighted by molar-refractivity contribution is 14.1. The predicted octanol–water partition coefficient (Wildman–Crippen LogP) is 5.17. The van der Waals surface area contributed by atoms with Gasteiger partial charge in [-0.25, -0.2) is 14.4 Å². The van der Waals surface area contributed by atoms with Crippen molar-refractivity contribution in [3.05, 3.63) is 95.3 Å². The summed E-state index contributed by atoms with van der Waals surface area (Å²) in [4.78, 5) is 36.6. The molecule has 0 fully saturated rings. The summed E-state index contributed by atoms with van der Waals surface area (Å²) in [5, 5.41) is 20.2. The molecule has 0 aromatic heterocycles. The first-order valence-electron chi connectivity index (χ1n) is 15.1. The van der Waals surface area contributed by atoms with Crippen LogP contribution in [-0.2, 0) is 20.9 Å². The van der Waals surface area contributed by atoms with Crippen LogP contribution in [-0.4, -0.2) is 62.4 Å². The maximum absolute atomic E-state index is 12.5. The third kappa shape index (κ3) is 10.2. The standard InChI is InChI=1S/C34H36I2N4O9/c1-5-46-27-14-22(30-29(33(43)45-4)19(3)38-34(44)39-30)11-12-26(27)48-18-28(41)40-37-16-23-13-24(35)15-25(36)31(23)49-17-20-7-9-21(10-8-20)32(42)47-6-2/h7-16,28,30,40-41H,5-6,17-18H2,1-4H3,(H2,38,39,44)/b37-16+/t28-,30-/m1/s1. The number of urea groups is 1. The average Bonchev–Trinajstić information content (AvgIpc) is 3.07. The summed E-state index contributed by atoms with van der Waals surface area (Å²) in [6.45, 7) is 5.90. The van der Waals surface area contributed by atoms with Crippen molar-refractivity contribution in [2.45, 2.75) is 39.6 Å². The number of esters is 2. The molecule has 2 atom stereocenters. The lowest BCUT2D eigenvalue weighted by molar-refractivity contribution is -0.136. The van der Waals surface area contributed by atoms with Crippen LogP contribution in [0.25, 0.3) is 0 Å². The number of allylic oxidation sites excluding steroid dienone is 1. The molecule has 3 aromatic carbocycles. The van der Waals surface area contributed by atoms with Crippen molar-refractivity contribution in [2.75, 3.05) is 26.9 Å². The number of carbonyl (C=O) groups excluding carboxylic acids is 3. The van der Waals surface area contributed by atoms with E-state index in [1.165, 1.54) is 7.11 Å². The number of aliphatic hydroxyl groups excluding tert-OH is 1. The van der Waals surface area contributed by atoms with Gasteiger partial charge in [-0.15, -0.1) is 0 Å². The molecule has 2 amide bonds. The second kappa shape index (κ2) is 18.1. The summed E-state index contributed by atoms with van der Waals surface area (Å²) in [5.41, 5.74) is 5.91. The zero-order valence-corrected chi connectivity index (χ0v) is 31.5. The van der Waals surface area contributed by atoms with Gasteiger partial charge in [-0.3, -0.25) is 5.43 Å². The largest absolute Gasteiger partial charge is 0.490 e. The van der Waals surface area contributed by atoms with Gasteiger partial charge in [-0.2, -0.15) is 5.10 Å². The normalized spacial score (nSPS) is 14.8. The van der Waals surface area contributed by atoms with Gasteiger partial charge >= 0.3 is 18.0 Å².